The molecule has 0 saturated heterocycles. The van der Waals surface area contributed by atoms with Gasteiger partial charge < -0.3 is 15.5 Å². The van der Waals surface area contributed by atoms with Crippen molar-refractivity contribution in [2.45, 2.75) is 206 Å². The zero-order valence-corrected chi connectivity index (χ0v) is 30.6. The van der Waals surface area contributed by atoms with Gasteiger partial charge in [-0.3, -0.25) is 4.79 Å². The molecule has 0 aliphatic rings. The molecule has 0 radical (unpaired) electrons. The molecule has 2 atom stereocenters. The maximum atomic E-state index is 12.3. The first-order valence-corrected chi connectivity index (χ1v) is 19.9. The number of carbonyl (C=O) groups is 1. The summed E-state index contributed by atoms with van der Waals surface area (Å²) in [5.74, 6) is -0.0845. The highest BCUT2D eigenvalue weighted by Crippen LogP contribution is 2.12. The van der Waals surface area contributed by atoms with Crippen LogP contribution in [0.2, 0.25) is 0 Å². The van der Waals surface area contributed by atoms with Gasteiger partial charge in [-0.15, -0.1) is 0 Å². The van der Waals surface area contributed by atoms with E-state index in [1.54, 1.807) is 6.08 Å². The highest BCUT2D eigenvalue weighted by Gasteiger charge is 2.17. The summed E-state index contributed by atoms with van der Waals surface area (Å²) in [4.78, 5) is 12.3. The molecule has 0 fully saturated rings. The van der Waals surface area contributed by atoms with E-state index in [1.807, 2.05) is 6.08 Å². The van der Waals surface area contributed by atoms with Crippen LogP contribution in [-0.4, -0.2) is 34.9 Å². The van der Waals surface area contributed by atoms with Crippen molar-refractivity contribution < 1.29 is 15.0 Å². The van der Waals surface area contributed by atoms with Crippen LogP contribution >= 0.6 is 0 Å². The number of unbranched alkanes of at least 4 members (excludes halogenated alkanes) is 22. The lowest BCUT2D eigenvalue weighted by Gasteiger charge is -2.19. The Kier molecular flexibility index (Phi) is 36.4. The monoisotopic (exact) mass is 644 g/mol. The molecule has 0 rings (SSSR count). The Morgan fingerprint density at radius 2 is 0.848 bits per heavy atom. The highest BCUT2D eigenvalue weighted by molar-refractivity contribution is 5.76. The standard InChI is InChI=1S/C42H77NO3/c1-3-5-7-9-11-13-15-17-19-21-22-24-26-28-30-32-34-36-38-42(46)43-40(39-44)41(45)37-35-33-31-29-27-25-23-20-18-16-14-12-10-8-6-4-2/h18-21,27,29,35,37,40-41,44-45H,3-17,22-26,28,30-34,36,38-39H2,1-2H3,(H,43,46)/b20-18+,21-19-,29-27+,37-35+. The van der Waals surface area contributed by atoms with Gasteiger partial charge in [-0.25, -0.2) is 0 Å². The van der Waals surface area contributed by atoms with Crippen LogP contribution in [0.3, 0.4) is 0 Å². The molecule has 0 aromatic carbocycles. The number of amides is 1. The lowest BCUT2D eigenvalue weighted by Crippen LogP contribution is -2.45. The fraction of sp³-hybridized carbons (Fsp3) is 0.786. The van der Waals surface area contributed by atoms with Crippen LogP contribution in [0.15, 0.2) is 48.6 Å². The van der Waals surface area contributed by atoms with Crippen LogP contribution in [0.4, 0.5) is 0 Å². The molecule has 0 spiro atoms. The largest absolute Gasteiger partial charge is 0.394 e. The molecule has 0 aliphatic carbocycles. The van der Waals surface area contributed by atoms with E-state index in [1.165, 1.54) is 135 Å². The third kappa shape index (κ3) is 33.7. The second-order valence-electron chi connectivity index (χ2n) is 13.3. The number of aliphatic hydroxyl groups is 2. The number of allylic oxidation sites excluding steroid dienone is 7. The Balaban J connectivity index is 3.68. The van der Waals surface area contributed by atoms with Crippen molar-refractivity contribution in [1.29, 1.82) is 0 Å². The molecular formula is C42H77NO3. The van der Waals surface area contributed by atoms with Crippen LogP contribution in [0, 0.1) is 0 Å². The first-order chi connectivity index (χ1) is 22.7. The third-order valence-corrected chi connectivity index (χ3v) is 8.76. The van der Waals surface area contributed by atoms with Gasteiger partial charge in [-0.2, -0.15) is 0 Å². The molecular weight excluding hydrogens is 566 g/mol. The molecule has 3 N–H and O–H groups in total. The molecule has 0 aliphatic heterocycles. The maximum absolute atomic E-state index is 12.3. The van der Waals surface area contributed by atoms with E-state index in [4.69, 9.17) is 0 Å². The van der Waals surface area contributed by atoms with Gasteiger partial charge in [0.15, 0.2) is 0 Å². The van der Waals surface area contributed by atoms with Crippen LogP contribution in [-0.2, 0) is 4.79 Å². The number of aliphatic hydroxyl groups excluding tert-OH is 2. The van der Waals surface area contributed by atoms with Gasteiger partial charge >= 0.3 is 0 Å². The minimum Gasteiger partial charge on any atom is -0.394 e. The SMILES string of the molecule is CCCCCCCC/C=C/CC/C=C/CC/C=C/C(O)C(CO)NC(=O)CCCCCCCCC/C=C\CCCCCCCCC. The highest BCUT2D eigenvalue weighted by atomic mass is 16.3. The summed E-state index contributed by atoms with van der Waals surface area (Å²) in [5, 5.41) is 22.9. The maximum Gasteiger partial charge on any atom is 0.220 e. The van der Waals surface area contributed by atoms with E-state index < -0.39 is 12.1 Å². The van der Waals surface area contributed by atoms with Crippen molar-refractivity contribution >= 4 is 5.91 Å². The summed E-state index contributed by atoms with van der Waals surface area (Å²) in [6.45, 7) is 4.27. The first kappa shape index (κ1) is 44.4. The van der Waals surface area contributed by atoms with E-state index in [9.17, 15) is 15.0 Å². The number of nitrogens with one attached hydrogen (secondary N) is 1. The predicted molar refractivity (Wildman–Crippen MR) is 202 cm³/mol. The van der Waals surface area contributed by atoms with Gasteiger partial charge in [0.25, 0.3) is 0 Å². The summed E-state index contributed by atoms with van der Waals surface area (Å²) >= 11 is 0. The molecule has 0 aromatic heterocycles. The fourth-order valence-corrected chi connectivity index (χ4v) is 5.67. The van der Waals surface area contributed by atoms with Crippen LogP contribution in [0.1, 0.15) is 194 Å². The van der Waals surface area contributed by atoms with Crippen molar-refractivity contribution in [3.8, 4) is 0 Å². The van der Waals surface area contributed by atoms with Gasteiger partial charge in [0.2, 0.25) is 5.91 Å². The number of hydrogen-bond donors (Lipinski definition) is 3. The molecule has 0 aromatic rings. The van der Waals surface area contributed by atoms with Crippen LogP contribution in [0.25, 0.3) is 0 Å². The zero-order chi connectivity index (χ0) is 33.6. The van der Waals surface area contributed by atoms with Crippen molar-refractivity contribution in [1.82, 2.24) is 5.32 Å². The molecule has 268 valence electrons. The van der Waals surface area contributed by atoms with Gasteiger partial charge in [0, 0.05) is 6.42 Å². The van der Waals surface area contributed by atoms with E-state index in [0.717, 1.165) is 38.5 Å². The van der Waals surface area contributed by atoms with Gasteiger partial charge in [-0.1, -0.05) is 165 Å². The van der Waals surface area contributed by atoms with Gasteiger partial charge in [0.05, 0.1) is 18.8 Å². The second kappa shape index (κ2) is 37.8. The number of carbonyl (C=O) groups excluding carboxylic acids is 1. The molecule has 46 heavy (non-hydrogen) atoms. The molecule has 0 bridgehead atoms. The molecule has 4 heteroatoms. The van der Waals surface area contributed by atoms with E-state index in [-0.39, 0.29) is 12.5 Å². The summed E-state index contributed by atoms with van der Waals surface area (Å²) in [6, 6.07) is -0.646. The summed E-state index contributed by atoms with van der Waals surface area (Å²) in [5.41, 5.74) is 0. The Hall–Kier alpha value is -1.65. The average Bonchev–Trinajstić information content (AvgIpc) is 3.06. The third-order valence-electron chi connectivity index (χ3n) is 8.76. The molecule has 0 heterocycles. The van der Waals surface area contributed by atoms with E-state index in [2.05, 4.69) is 55.6 Å². The molecule has 0 saturated carbocycles. The summed E-state index contributed by atoms with van der Waals surface area (Å²) < 4.78 is 0. The quantitative estimate of drug-likeness (QED) is 0.0475. The predicted octanol–water partition coefficient (Wildman–Crippen LogP) is 12.0. The molecule has 1 amide bonds. The number of rotatable bonds is 35. The minimum absolute atomic E-state index is 0.0845. The Morgan fingerprint density at radius 1 is 0.500 bits per heavy atom. The first-order valence-electron chi connectivity index (χ1n) is 19.9. The molecule has 2 unspecified atom stereocenters. The normalized spacial score (nSPS) is 13.6. The van der Waals surface area contributed by atoms with E-state index in [0.29, 0.717) is 6.42 Å². The van der Waals surface area contributed by atoms with Crippen molar-refractivity contribution in [2.24, 2.45) is 0 Å². The minimum atomic E-state index is -0.870. The van der Waals surface area contributed by atoms with Crippen LogP contribution in [0.5, 0.6) is 0 Å². The van der Waals surface area contributed by atoms with Gasteiger partial charge in [0.1, 0.15) is 0 Å². The fourth-order valence-electron chi connectivity index (χ4n) is 5.67. The van der Waals surface area contributed by atoms with Crippen molar-refractivity contribution in [2.75, 3.05) is 6.61 Å². The van der Waals surface area contributed by atoms with Crippen molar-refractivity contribution in [3.63, 3.8) is 0 Å². The van der Waals surface area contributed by atoms with E-state index >= 15 is 0 Å². The van der Waals surface area contributed by atoms with Crippen molar-refractivity contribution in [3.05, 3.63) is 48.6 Å². The lowest BCUT2D eigenvalue weighted by molar-refractivity contribution is -0.123. The second-order valence-corrected chi connectivity index (χ2v) is 13.3. The lowest BCUT2D eigenvalue weighted by atomic mass is 10.1. The number of hydrogen-bond acceptors (Lipinski definition) is 3. The topological polar surface area (TPSA) is 69.6 Å². The Labute approximate surface area is 286 Å². The summed E-state index contributed by atoms with van der Waals surface area (Å²) in [7, 11) is 0. The smallest absolute Gasteiger partial charge is 0.220 e. The average molecular weight is 644 g/mol. The Bertz CT molecular complexity index is 741. The Morgan fingerprint density at radius 3 is 1.26 bits per heavy atom. The molecule has 4 nitrogen and oxygen atoms in total. The van der Waals surface area contributed by atoms with Gasteiger partial charge in [-0.05, 0) is 70.6 Å². The zero-order valence-electron chi connectivity index (χ0n) is 30.6. The van der Waals surface area contributed by atoms with Crippen LogP contribution < -0.4 is 5.32 Å². The summed E-state index contributed by atoms with van der Waals surface area (Å²) in [6.07, 6.45) is 50.6.